The van der Waals surface area contributed by atoms with Gasteiger partial charge in [0.15, 0.2) is 0 Å². The van der Waals surface area contributed by atoms with Crippen LogP contribution in [0, 0.1) is 5.92 Å². The van der Waals surface area contributed by atoms with Gasteiger partial charge in [0.05, 0.1) is 5.92 Å². The molecular weight excluding hydrogens is 336 g/mol. The van der Waals surface area contributed by atoms with Crippen molar-refractivity contribution in [1.29, 1.82) is 0 Å². The number of pyridine rings is 1. The van der Waals surface area contributed by atoms with Crippen LogP contribution in [0.2, 0.25) is 0 Å². The van der Waals surface area contributed by atoms with Gasteiger partial charge >= 0.3 is 5.97 Å². The number of carboxylic acid groups (broad SMARTS) is 1. The first-order chi connectivity index (χ1) is 13.2. The zero-order valence-electron chi connectivity index (χ0n) is 15.9. The van der Waals surface area contributed by atoms with Crippen molar-refractivity contribution in [1.82, 2.24) is 9.88 Å². The molecule has 0 unspecified atom stereocenters. The smallest absolute Gasteiger partial charge is 0.307 e. The van der Waals surface area contributed by atoms with E-state index >= 15 is 0 Å². The minimum absolute atomic E-state index is 0.198. The van der Waals surface area contributed by atoms with Gasteiger partial charge in [-0.3, -0.25) is 9.78 Å². The molecule has 2 heterocycles. The van der Waals surface area contributed by atoms with E-state index in [0.717, 1.165) is 58.0 Å². The number of carboxylic acids is 1. The number of likely N-dealkylation sites (tertiary alicyclic amines) is 1. The van der Waals surface area contributed by atoms with E-state index in [4.69, 9.17) is 0 Å². The molecule has 0 saturated carbocycles. The molecule has 4 rings (SSSR count). The van der Waals surface area contributed by atoms with Crippen LogP contribution in [0.1, 0.15) is 49.7 Å². The number of fused-ring (bicyclic) bond motifs is 1. The molecule has 1 aliphatic heterocycles. The molecule has 0 aromatic carbocycles. The normalized spacial score (nSPS) is 24.4. The molecule has 4 heteroatoms. The summed E-state index contributed by atoms with van der Waals surface area (Å²) in [4.78, 5) is 17.9. The maximum atomic E-state index is 11.3. The lowest BCUT2D eigenvalue weighted by atomic mass is 9.92. The van der Waals surface area contributed by atoms with Gasteiger partial charge in [0.1, 0.15) is 0 Å². The topological polar surface area (TPSA) is 53.4 Å². The molecule has 1 fully saturated rings. The average molecular weight is 364 g/mol. The van der Waals surface area contributed by atoms with Gasteiger partial charge in [0.2, 0.25) is 0 Å². The van der Waals surface area contributed by atoms with Gasteiger partial charge in [0.25, 0.3) is 0 Å². The number of nitrogens with zero attached hydrogens (tertiary/aromatic N) is 2. The highest BCUT2D eigenvalue weighted by molar-refractivity contribution is 5.73. The lowest BCUT2D eigenvalue weighted by Gasteiger charge is -2.30. The molecule has 1 aromatic rings. The van der Waals surface area contributed by atoms with E-state index in [-0.39, 0.29) is 5.92 Å². The van der Waals surface area contributed by atoms with Crippen LogP contribution in [0.15, 0.2) is 47.8 Å². The third-order valence-corrected chi connectivity index (χ3v) is 6.11. The van der Waals surface area contributed by atoms with Gasteiger partial charge in [-0.15, -0.1) is 0 Å². The van der Waals surface area contributed by atoms with Crippen molar-refractivity contribution in [2.24, 2.45) is 5.92 Å². The molecule has 4 nitrogen and oxygen atoms in total. The average Bonchev–Trinajstić information content (AvgIpc) is 2.85. The van der Waals surface area contributed by atoms with E-state index < -0.39 is 5.97 Å². The third-order valence-electron chi connectivity index (χ3n) is 6.11. The fraction of sp³-hybridized carbons (Fsp3) is 0.478. The molecule has 3 aliphatic rings. The standard InChI is InChI=1S/C23H28N2O2/c26-23(27)20-8-4-12-25(16-20)11-3-7-19-13-17-5-1-2-6-18(17)14-21-15-24-10-9-22(19)21/h1,5,7,9-10,15,20H,2-4,6,8,11-14,16H2,(H,26,27)/b19-7-/t20-/m1/s1. The van der Waals surface area contributed by atoms with Crippen molar-refractivity contribution < 1.29 is 9.90 Å². The summed E-state index contributed by atoms with van der Waals surface area (Å²) in [5.41, 5.74) is 7.13. The van der Waals surface area contributed by atoms with Crippen LogP contribution in [-0.4, -0.2) is 40.6 Å². The van der Waals surface area contributed by atoms with E-state index in [0.29, 0.717) is 6.54 Å². The number of aromatic nitrogens is 1. The van der Waals surface area contributed by atoms with E-state index in [1.807, 2.05) is 12.4 Å². The largest absolute Gasteiger partial charge is 0.481 e. The minimum atomic E-state index is -0.646. The van der Waals surface area contributed by atoms with E-state index in [1.54, 1.807) is 5.57 Å². The summed E-state index contributed by atoms with van der Waals surface area (Å²) in [6.45, 7) is 2.65. The van der Waals surface area contributed by atoms with Crippen LogP contribution in [-0.2, 0) is 11.2 Å². The molecule has 0 radical (unpaired) electrons. The fourth-order valence-corrected chi connectivity index (χ4v) is 4.62. The number of rotatable bonds is 4. The zero-order valence-corrected chi connectivity index (χ0v) is 15.9. The van der Waals surface area contributed by atoms with Crippen LogP contribution in [0.5, 0.6) is 0 Å². The lowest BCUT2D eigenvalue weighted by molar-refractivity contribution is -0.143. The van der Waals surface area contributed by atoms with Crippen molar-refractivity contribution in [3.05, 3.63) is 59.0 Å². The minimum Gasteiger partial charge on any atom is -0.481 e. The molecule has 27 heavy (non-hydrogen) atoms. The molecule has 2 aliphatic carbocycles. The molecule has 1 N–H and O–H groups in total. The predicted molar refractivity (Wildman–Crippen MR) is 107 cm³/mol. The van der Waals surface area contributed by atoms with Crippen LogP contribution in [0.4, 0.5) is 0 Å². The second-order valence-electron chi connectivity index (χ2n) is 7.95. The Balaban J connectivity index is 1.49. The SMILES string of the molecule is O=C(O)[C@@H]1CCCN(CC/C=C2/CC3=C(CCC=C3)Cc3cnccc32)C1. The Morgan fingerprint density at radius 1 is 1.37 bits per heavy atom. The quantitative estimate of drug-likeness (QED) is 0.868. The maximum absolute atomic E-state index is 11.3. The maximum Gasteiger partial charge on any atom is 0.307 e. The molecule has 1 aromatic heterocycles. The van der Waals surface area contributed by atoms with Crippen molar-refractivity contribution in [3.63, 3.8) is 0 Å². The molecule has 1 atom stereocenters. The van der Waals surface area contributed by atoms with Crippen molar-refractivity contribution in [2.45, 2.75) is 44.9 Å². The van der Waals surface area contributed by atoms with E-state index in [9.17, 15) is 9.90 Å². The molecule has 0 spiro atoms. The van der Waals surface area contributed by atoms with E-state index in [2.05, 4.69) is 34.2 Å². The first kappa shape index (κ1) is 18.2. The predicted octanol–water partition coefficient (Wildman–Crippen LogP) is 4.24. The van der Waals surface area contributed by atoms with Gasteiger partial charge in [0, 0.05) is 25.5 Å². The Bertz CT molecular complexity index is 806. The number of piperidine rings is 1. The van der Waals surface area contributed by atoms with Gasteiger partial charge < -0.3 is 10.0 Å². The molecule has 0 bridgehead atoms. The molecule has 142 valence electrons. The summed E-state index contributed by atoms with van der Waals surface area (Å²) in [5, 5.41) is 9.28. The molecular formula is C23H28N2O2. The van der Waals surface area contributed by atoms with Crippen LogP contribution in [0.25, 0.3) is 5.57 Å². The fourth-order valence-electron chi connectivity index (χ4n) is 4.62. The number of carbonyl (C=O) groups is 1. The van der Waals surface area contributed by atoms with E-state index in [1.165, 1.54) is 22.3 Å². The molecule has 0 amide bonds. The second-order valence-corrected chi connectivity index (χ2v) is 7.95. The second kappa shape index (κ2) is 8.22. The van der Waals surface area contributed by atoms with Gasteiger partial charge in [-0.05, 0) is 79.8 Å². The van der Waals surface area contributed by atoms with Crippen LogP contribution in [0.3, 0.4) is 0 Å². The number of hydrogen-bond donors (Lipinski definition) is 1. The number of aliphatic carboxylic acids is 1. The highest BCUT2D eigenvalue weighted by Gasteiger charge is 2.25. The summed E-state index contributed by atoms with van der Waals surface area (Å²) in [7, 11) is 0. The summed E-state index contributed by atoms with van der Waals surface area (Å²) >= 11 is 0. The molecule has 1 saturated heterocycles. The summed E-state index contributed by atoms with van der Waals surface area (Å²) in [6.07, 6.45) is 18.0. The van der Waals surface area contributed by atoms with Gasteiger partial charge in [-0.2, -0.15) is 0 Å². The van der Waals surface area contributed by atoms with Crippen LogP contribution >= 0.6 is 0 Å². The highest BCUT2D eigenvalue weighted by Crippen LogP contribution is 2.36. The monoisotopic (exact) mass is 364 g/mol. The first-order valence-electron chi connectivity index (χ1n) is 10.2. The summed E-state index contributed by atoms with van der Waals surface area (Å²) in [5.74, 6) is -0.844. The lowest BCUT2D eigenvalue weighted by Crippen LogP contribution is -2.39. The summed E-state index contributed by atoms with van der Waals surface area (Å²) < 4.78 is 0. The number of allylic oxidation sites excluding steroid dienone is 5. The first-order valence-corrected chi connectivity index (χ1v) is 10.2. The van der Waals surface area contributed by atoms with Gasteiger partial charge in [-0.1, -0.05) is 23.8 Å². The Hall–Kier alpha value is -2.20. The third kappa shape index (κ3) is 4.22. The van der Waals surface area contributed by atoms with Crippen molar-refractivity contribution in [2.75, 3.05) is 19.6 Å². The van der Waals surface area contributed by atoms with Crippen molar-refractivity contribution >= 4 is 11.5 Å². The Kier molecular flexibility index (Phi) is 5.53. The highest BCUT2D eigenvalue weighted by atomic mass is 16.4. The summed E-state index contributed by atoms with van der Waals surface area (Å²) in [6, 6.07) is 2.16. The number of hydrogen-bond acceptors (Lipinski definition) is 3. The van der Waals surface area contributed by atoms with Crippen molar-refractivity contribution in [3.8, 4) is 0 Å². The Morgan fingerprint density at radius 3 is 3.19 bits per heavy atom. The van der Waals surface area contributed by atoms with Crippen LogP contribution < -0.4 is 0 Å². The zero-order chi connectivity index (χ0) is 18.6. The Morgan fingerprint density at radius 2 is 2.30 bits per heavy atom. The van der Waals surface area contributed by atoms with Gasteiger partial charge in [-0.25, -0.2) is 0 Å². The Labute approximate surface area is 161 Å².